The maximum absolute atomic E-state index is 14.5. The lowest BCUT2D eigenvalue weighted by Crippen LogP contribution is -2.73. The molecule has 192 valence electrons. The number of rotatable bonds is 3. The number of hydrogen-bond donors (Lipinski definition) is 1. The van der Waals surface area contributed by atoms with Crippen LogP contribution in [0.1, 0.15) is 51.2 Å². The third-order valence-electron chi connectivity index (χ3n) is 8.87. The minimum Gasteiger partial charge on any atom is -0.363 e. The normalized spacial score (nSPS) is 31.7. The summed E-state index contributed by atoms with van der Waals surface area (Å²) in [6.45, 7) is 6.63. The van der Waals surface area contributed by atoms with E-state index in [2.05, 4.69) is 31.0 Å². The first-order valence-electron chi connectivity index (χ1n) is 12.7. The second-order valence-electron chi connectivity index (χ2n) is 12.2. The van der Waals surface area contributed by atoms with E-state index in [-0.39, 0.29) is 35.5 Å². The van der Waals surface area contributed by atoms with Crippen LogP contribution in [0.25, 0.3) is 0 Å². The summed E-state index contributed by atoms with van der Waals surface area (Å²) in [4.78, 5) is 55.9. The predicted octanol–water partition coefficient (Wildman–Crippen LogP) is 4.19. The van der Waals surface area contributed by atoms with E-state index in [1.54, 1.807) is 6.07 Å². The fourth-order valence-corrected chi connectivity index (χ4v) is 8.09. The summed E-state index contributed by atoms with van der Waals surface area (Å²) in [6, 6.07) is 12.8. The van der Waals surface area contributed by atoms with Gasteiger partial charge in [-0.05, 0) is 47.3 Å². The second-order valence-corrected chi connectivity index (χ2v) is 12.2. The number of imide groups is 2. The van der Waals surface area contributed by atoms with Crippen molar-refractivity contribution in [1.29, 1.82) is 0 Å². The van der Waals surface area contributed by atoms with E-state index < -0.39 is 34.2 Å². The van der Waals surface area contributed by atoms with Gasteiger partial charge in [0.1, 0.15) is 0 Å². The van der Waals surface area contributed by atoms with Crippen molar-refractivity contribution in [1.82, 2.24) is 10.2 Å². The van der Waals surface area contributed by atoms with E-state index in [4.69, 9.17) is 0 Å². The monoisotopic (exact) mass is 502 g/mol. The van der Waals surface area contributed by atoms with Crippen molar-refractivity contribution in [3.05, 3.63) is 69.8 Å². The smallest absolute Gasteiger partial charge is 0.331 e. The van der Waals surface area contributed by atoms with Crippen LogP contribution in [0.2, 0.25) is 0 Å². The lowest BCUT2D eigenvalue weighted by Gasteiger charge is -2.53. The largest absolute Gasteiger partial charge is 0.363 e. The van der Waals surface area contributed by atoms with Crippen LogP contribution in [0.15, 0.2) is 48.5 Å². The Bertz CT molecular complexity index is 1360. The molecule has 1 spiro atoms. The third-order valence-corrected chi connectivity index (χ3v) is 8.87. The number of fused-ring (bicyclic) bond motifs is 8. The molecule has 9 nitrogen and oxygen atoms in total. The first-order chi connectivity index (χ1) is 17.4. The van der Waals surface area contributed by atoms with Gasteiger partial charge in [-0.1, -0.05) is 51.1 Å². The number of amides is 4. The highest BCUT2D eigenvalue weighted by Crippen LogP contribution is 2.64. The molecule has 2 aromatic rings. The van der Waals surface area contributed by atoms with Crippen LogP contribution in [0, 0.1) is 26.4 Å². The number of nitrogens with zero attached hydrogens (tertiary/aromatic N) is 3. The highest BCUT2D eigenvalue weighted by molar-refractivity contribution is 6.20. The minimum atomic E-state index is -1.57. The highest BCUT2D eigenvalue weighted by atomic mass is 16.6. The lowest BCUT2D eigenvalue weighted by molar-refractivity contribution is -0.384. The summed E-state index contributed by atoms with van der Waals surface area (Å²) in [5, 5.41) is 14.1. The fourth-order valence-electron chi connectivity index (χ4n) is 8.09. The molecule has 1 saturated carbocycles. The fraction of sp³-hybridized carbons (Fsp3) is 0.464. The molecule has 2 aromatic carbocycles. The average Bonchev–Trinajstić information content (AvgIpc) is 3.06. The van der Waals surface area contributed by atoms with Gasteiger partial charge in [0.15, 0.2) is 5.41 Å². The van der Waals surface area contributed by atoms with Gasteiger partial charge in [-0.25, -0.2) is 4.79 Å². The number of nitrogens with one attached hydrogen (secondary N) is 1. The summed E-state index contributed by atoms with van der Waals surface area (Å²) in [7, 11) is 0. The van der Waals surface area contributed by atoms with Crippen molar-refractivity contribution in [2.45, 2.75) is 65.1 Å². The van der Waals surface area contributed by atoms with Gasteiger partial charge in [-0.2, -0.15) is 0 Å². The molecule has 2 bridgehead atoms. The van der Waals surface area contributed by atoms with Crippen LogP contribution in [0.5, 0.6) is 0 Å². The molecule has 4 amide bonds. The maximum atomic E-state index is 14.5. The van der Waals surface area contributed by atoms with E-state index >= 15 is 0 Å². The zero-order valence-corrected chi connectivity index (χ0v) is 21.2. The molecule has 1 N–H and O–H groups in total. The molecular formula is C28H30N4O5. The van der Waals surface area contributed by atoms with Gasteiger partial charge in [0.2, 0.25) is 11.8 Å². The van der Waals surface area contributed by atoms with Crippen molar-refractivity contribution in [2.24, 2.45) is 16.2 Å². The van der Waals surface area contributed by atoms with Gasteiger partial charge in [0, 0.05) is 30.3 Å². The van der Waals surface area contributed by atoms with Gasteiger partial charge in [-0.3, -0.25) is 29.9 Å². The Labute approximate surface area is 215 Å². The molecular weight excluding hydrogens is 472 g/mol. The summed E-state index contributed by atoms with van der Waals surface area (Å²) in [6.07, 6.45) is 2.53. The Balaban J connectivity index is 1.54. The second kappa shape index (κ2) is 7.63. The Morgan fingerprint density at radius 1 is 1.05 bits per heavy atom. The van der Waals surface area contributed by atoms with Gasteiger partial charge in [-0.15, -0.1) is 0 Å². The summed E-state index contributed by atoms with van der Waals surface area (Å²) >= 11 is 0. The number of nitro benzene ring substituents is 1. The van der Waals surface area contributed by atoms with E-state index in [0.717, 1.165) is 35.4 Å². The Morgan fingerprint density at radius 2 is 1.78 bits per heavy atom. The number of hydrogen-bond acceptors (Lipinski definition) is 6. The Kier molecular flexibility index (Phi) is 4.87. The van der Waals surface area contributed by atoms with E-state index in [0.29, 0.717) is 5.56 Å². The summed E-state index contributed by atoms with van der Waals surface area (Å²) in [5.74, 6) is -1.13. The zero-order valence-electron chi connectivity index (χ0n) is 21.2. The van der Waals surface area contributed by atoms with Crippen molar-refractivity contribution >= 4 is 29.2 Å². The number of anilines is 1. The molecule has 3 heterocycles. The molecule has 9 heteroatoms. The summed E-state index contributed by atoms with van der Waals surface area (Å²) < 4.78 is 0. The maximum Gasteiger partial charge on any atom is 0.331 e. The number of nitro groups is 1. The zero-order chi connectivity index (χ0) is 26.3. The highest BCUT2D eigenvalue weighted by Gasteiger charge is 2.71. The standard InChI is InChI=1S/C28H30N4O5/c1-26(2)13-20-14-27(3,16-26)22-28(12-18-11-19(32(36)37)9-10-21(18)31(20)22)23(33)29-25(35)30(24(28)34)15-17-7-5-4-6-8-17/h4-11,20,22H,12-16H2,1-3H3,(H,29,33,35)/t20-,22+,27-,28+/m0/s1. The molecule has 3 fully saturated rings. The first-order valence-corrected chi connectivity index (χ1v) is 12.7. The van der Waals surface area contributed by atoms with Gasteiger partial charge >= 0.3 is 6.03 Å². The molecule has 0 radical (unpaired) electrons. The van der Waals surface area contributed by atoms with Crippen molar-refractivity contribution < 1.29 is 19.3 Å². The van der Waals surface area contributed by atoms with E-state index in [1.807, 2.05) is 30.3 Å². The predicted molar refractivity (Wildman–Crippen MR) is 136 cm³/mol. The number of urea groups is 1. The van der Waals surface area contributed by atoms with Gasteiger partial charge < -0.3 is 4.90 Å². The van der Waals surface area contributed by atoms with Crippen LogP contribution in [-0.2, 0) is 22.6 Å². The SMILES string of the molecule is CC1(C)C[C@H]2C[C@@](C)(C1)[C@H]1N2c2ccc([N+](=O)[O-])cc2C[C@]12C(=O)NC(=O)N(Cc1ccccc1)C2=O. The quantitative estimate of drug-likeness (QED) is 0.383. The molecule has 37 heavy (non-hydrogen) atoms. The number of carbonyl (C=O) groups excluding carboxylic acids is 3. The van der Waals surface area contributed by atoms with Crippen LogP contribution in [-0.4, -0.2) is 39.8 Å². The Morgan fingerprint density at radius 3 is 2.49 bits per heavy atom. The van der Waals surface area contributed by atoms with Crippen molar-refractivity contribution in [2.75, 3.05) is 4.90 Å². The first kappa shape index (κ1) is 23.6. The van der Waals surface area contributed by atoms with Gasteiger partial charge in [0.05, 0.1) is 17.5 Å². The Hall–Kier alpha value is -3.75. The molecule has 4 atom stereocenters. The molecule has 4 aliphatic rings. The number of benzene rings is 2. The van der Waals surface area contributed by atoms with Crippen LogP contribution in [0.4, 0.5) is 16.2 Å². The van der Waals surface area contributed by atoms with Gasteiger partial charge in [0.25, 0.3) is 5.69 Å². The summed E-state index contributed by atoms with van der Waals surface area (Å²) in [5.41, 5.74) is 0.188. The number of barbiturate groups is 1. The third kappa shape index (κ3) is 3.32. The molecule has 1 aliphatic carbocycles. The average molecular weight is 503 g/mol. The molecule has 3 aliphatic heterocycles. The molecule has 0 unspecified atom stereocenters. The van der Waals surface area contributed by atoms with Crippen LogP contribution in [0.3, 0.4) is 0 Å². The van der Waals surface area contributed by atoms with Crippen LogP contribution >= 0.6 is 0 Å². The van der Waals surface area contributed by atoms with E-state index in [1.165, 1.54) is 12.1 Å². The molecule has 0 aromatic heterocycles. The number of carbonyl (C=O) groups is 3. The van der Waals surface area contributed by atoms with Crippen LogP contribution < -0.4 is 10.2 Å². The molecule has 2 saturated heterocycles. The van der Waals surface area contributed by atoms with Crippen molar-refractivity contribution in [3.63, 3.8) is 0 Å². The number of non-ortho nitro benzene ring substituents is 1. The molecule has 6 rings (SSSR count). The van der Waals surface area contributed by atoms with Crippen molar-refractivity contribution in [3.8, 4) is 0 Å². The lowest BCUT2D eigenvalue weighted by atomic mass is 9.56. The minimum absolute atomic E-state index is 0.00905. The topological polar surface area (TPSA) is 113 Å². The van der Waals surface area contributed by atoms with E-state index in [9.17, 15) is 24.5 Å².